The molecule has 0 radical (unpaired) electrons. The molecule has 1 aromatic rings. The molecule has 1 aliphatic heterocycles. The molecule has 0 bridgehead atoms. The zero-order chi connectivity index (χ0) is 17.5. The van der Waals surface area contributed by atoms with Crippen LogP contribution < -0.4 is 10.6 Å². The molecule has 9 heteroatoms. The minimum Gasteiger partial charge on any atom is -0.452 e. The predicted octanol–water partition coefficient (Wildman–Crippen LogP) is 1.55. The first kappa shape index (κ1) is 17.8. The molecule has 0 saturated carbocycles. The number of fused-ring (bicyclic) bond motifs is 1. The third-order valence-corrected chi connectivity index (χ3v) is 4.00. The molecule has 0 unspecified atom stereocenters. The minimum absolute atomic E-state index is 0.123. The van der Waals surface area contributed by atoms with Crippen molar-refractivity contribution in [3.05, 3.63) is 23.8 Å². The molecule has 1 aromatic carbocycles. The van der Waals surface area contributed by atoms with Crippen LogP contribution in [0.3, 0.4) is 0 Å². The van der Waals surface area contributed by atoms with E-state index in [1.807, 2.05) is 5.32 Å². The topological polar surface area (TPSA) is 111 Å². The van der Waals surface area contributed by atoms with Gasteiger partial charge < -0.3 is 14.8 Å². The van der Waals surface area contributed by atoms with Gasteiger partial charge in [-0.3, -0.25) is 14.9 Å². The maximum absolute atomic E-state index is 12.0. The number of benzene rings is 1. The SMILES string of the molecule is CCOC(=O)NC(=O)COC(=O)c1ccc2c(c1)NC(=O)CCS2. The Kier molecular flexibility index (Phi) is 6.19. The molecule has 0 saturated heterocycles. The van der Waals surface area contributed by atoms with Crippen LogP contribution in [0.1, 0.15) is 23.7 Å². The van der Waals surface area contributed by atoms with Gasteiger partial charge >= 0.3 is 12.1 Å². The van der Waals surface area contributed by atoms with Crippen molar-refractivity contribution < 1.29 is 28.7 Å². The Hall–Kier alpha value is -2.55. The van der Waals surface area contributed by atoms with Gasteiger partial charge in [0.25, 0.3) is 5.91 Å². The van der Waals surface area contributed by atoms with Crippen LogP contribution in [0, 0.1) is 0 Å². The summed E-state index contributed by atoms with van der Waals surface area (Å²) in [6, 6.07) is 4.76. The number of esters is 1. The number of hydrogen-bond acceptors (Lipinski definition) is 7. The summed E-state index contributed by atoms with van der Waals surface area (Å²) in [5.41, 5.74) is 0.730. The van der Waals surface area contributed by atoms with Gasteiger partial charge in [-0.25, -0.2) is 9.59 Å². The highest BCUT2D eigenvalue weighted by Gasteiger charge is 2.17. The Labute approximate surface area is 142 Å². The van der Waals surface area contributed by atoms with Crippen LogP contribution in [0.15, 0.2) is 23.1 Å². The lowest BCUT2D eigenvalue weighted by molar-refractivity contribution is -0.123. The van der Waals surface area contributed by atoms with Gasteiger partial charge in [0.1, 0.15) is 0 Å². The molecule has 3 amide bonds. The number of alkyl carbamates (subject to hydrolysis) is 1. The van der Waals surface area contributed by atoms with Crippen molar-refractivity contribution in [3.8, 4) is 0 Å². The van der Waals surface area contributed by atoms with Crippen molar-refractivity contribution in [2.75, 3.05) is 24.3 Å². The van der Waals surface area contributed by atoms with Crippen LogP contribution in [0.5, 0.6) is 0 Å². The van der Waals surface area contributed by atoms with Crippen LogP contribution in [-0.2, 0) is 19.1 Å². The Morgan fingerprint density at radius 3 is 2.83 bits per heavy atom. The summed E-state index contributed by atoms with van der Waals surface area (Å²) in [7, 11) is 0. The number of amides is 3. The summed E-state index contributed by atoms with van der Waals surface area (Å²) in [5, 5.41) is 4.63. The minimum atomic E-state index is -0.900. The first-order chi connectivity index (χ1) is 11.5. The second-order valence-electron chi connectivity index (χ2n) is 4.70. The smallest absolute Gasteiger partial charge is 0.413 e. The molecule has 0 fully saturated rings. The van der Waals surface area contributed by atoms with E-state index in [1.165, 1.54) is 17.8 Å². The average Bonchev–Trinajstić information content (AvgIpc) is 2.72. The molecule has 0 aliphatic carbocycles. The third kappa shape index (κ3) is 4.98. The lowest BCUT2D eigenvalue weighted by atomic mass is 10.2. The predicted molar refractivity (Wildman–Crippen MR) is 85.9 cm³/mol. The lowest BCUT2D eigenvalue weighted by Gasteiger charge is -2.09. The number of hydrogen-bond donors (Lipinski definition) is 2. The molecule has 0 atom stereocenters. The van der Waals surface area contributed by atoms with Crippen molar-refractivity contribution in [1.29, 1.82) is 0 Å². The number of imide groups is 1. The highest BCUT2D eigenvalue weighted by molar-refractivity contribution is 7.99. The number of carbonyl (C=O) groups excluding carboxylic acids is 4. The molecule has 2 N–H and O–H groups in total. The van der Waals surface area contributed by atoms with Gasteiger partial charge in [-0.05, 0) is 25.1 Å². The third-order valence-electron chi connectivity index (χ3n) is 2.93. The summed E-state index contributed by atoms with van der Waals surface area (Å²) < 4.78 is 9.37. The summed E-state index contributed by atoms with van der Waals surface area (Å²) in [6.07, 6.45) is -0.504. The highest BCUT2D eigenvalue weighted by Crippen LogP contribution is 2.31. The van der Waals surface area contributed by atoms with Gasteiger partial charge in [0.05, 0.1) is 17.9 Å². The molecule has 0 aromatic heterocycles. The van der Waals surface area contributed by atoms with Crippen molar-refractivity contribution in [3.63, 3.8) is 0 Å². The standard InChI is InChI=1S/C15H16N2O6S/c1-2-22-15(21)17-13(19)8-23-14(20)9-3-4-11-10(7-9)16-12(18)5-6-24-11/h3-4,7H,2,5-6,8H2,1H3,(H,16,18)(H,17,19,21). The van der Waals surface area contributed by atoms with Crippen LogP contribution in [0.25, 0.3) is 0 Å². The lowest BCUT2D eigenvalue weighted by Crippen LogP contribution is -2.34. The van der Waals surface area contributed by atoms with Crippen molar-refractivity contribution >= 4 is 41.3 Å². The molecule has 1 heterocycles. The van der Waals surface area contributed by atoms with Gasteiger partial charge in [-0.15, -0.1) is 11.8 Å². The van der Waals surface area contributed by atoms with Crippen LogP contribution in [0.4, 0.5) is 10.5 Å². The molecular formula is C15H16N2O6S. The second kappa shape index (κ2) is 8.34. The number of ether oxygens (including phenoxy) is 2. The maximum atomic E-state index is 12.0. The van der Waals surface area contributed by atoms with Crippen molar-refractivity contribution in [2.24, 2.45) is 0 Å². The molecule has 0 spiro atoms. The molecule has 24 heavy (non-hydrogen) atoms. The van der Waals surface area contributed by atoms with Gasteiger partial charge in [0.15, 0.2) is 6.61 Å². The second-order valence-corrected chi connectivity index (χ2v) is 5.84. The molecule has 2 rings (SSSR count). The Balaban J connectivity index is 1.94. The van der Waals surface area contributed by atoms with Gasteiger partial charge in [-0.2, -0.15) is 0 Å². The van der Waals surface area contributed by atoms with Crippen molar-refractivity contribution in [2.45, 2.75) is 18.2 Å². The first-order valence-corrected chi connectivity index (χ1v) is 8.18. The van der Waals surface area contributed by atoms with Gasteiger partial charge in [0.2, 0.25) is 5.91 Å². The van der Waals surface area contributed by atoms with E-state index in [0.29, 0.717) is 17.9 Å². The largest absolute Gasteiger partial charge is 0.452 e. The van der Waals surface area contributed by atoms with E-state index in [4.69, 9.17) is 4.74 Å². The number of nitrogens with one attached hydrogen (secondary N) is 2. The van der Waals surface area contributed by atoms with Crippen LogP contribution in [-0.4, -0.2) is 42.8 Å². The number of rotatable bonds is 4. The maximum Gasteiger partial charge on any atom is 0.413 e. The number of thioether (sulfide) groups is 1. The summed E-state index contributed by atoms with van der Waals surface area (Å²) in [4.78, 5) is 46.9. The fraction of sp³-hybridized carbons (Fsp3) is 0.333. The van der Waals surface area contributed by atoms with Crippen molar-refractivity contribution in [1.82, 2.24) is 5.32 Å². The Morgan fingerprint density at radius 1 is 1.29 bits per heavy atom. The quantitative estimate of drug-likeness (QED) is 0.791. The monoisotopic (exact) mass is 352 g/mol. The van der Waals surface area contributed by atoms with E-state index in [-0.39, 0.29) is 18.1 Å². The summed E-state index contributed by atoms with van der Waals surface area (Å²) >= 11 is 1.51. The fourth-order valence-electron chi connectivity index (χ4n) is 1.88. The van der Waals surface area contributed by atoms with Gasteiger partial charge in [0, 0.05) is 17.1 Å². The number of carbonyl (C=O) groups is 4. The summed E-state index contributed by atoms with van der Waals surface area (Å²) in [5.74, 6) is -0.988. The van der Waals surface area contributed by atoms with Crippen LogP contribution >= 0.6 is 11.8 Å². The van der Waals surface area contributed by atoms with E-state index in [9.17, 15) is 19.2 Å². The number of anilines is 1. The molecular weight excluding hydrogens is 336 g/mol. The van der Waals surface area contributed by atoms with E-state index in [2.05, 4.69) is 10.1 Å². The van der Waals surface area contributed by atoms with E-state index in [1.54, 1.807) is 19.1 Å². The van der Waals surface area contributed by atoms with Gasteiger partial charge in [-0.1, -0.05) is 0 Å². The zero-order valence-corrected chi connectivity index (χ0v) is 13.7. The van der Waals surface area contributed by atoms with E-state index >= 15 is 0 Å². The Morgan fingerprint density at radius 2 is 2.08 bits per heavy atom. The van der Waals surface area contributed by atoms with E-state index in [0.717, 1.165) is 4.90 Å². The highest BCUT2D eigenvalue weighted by atomic mass is 32.2. The zero-order valence-electron chi connectivity index (χ0n) is 12.9. The Bertz CT molecular complexity index is 676. The molecule has 128 valence electrons. The summed E-state index contributed by atoms with van der Waals surface area (Å²) in [6.45, 7) is 1.10. The first-order valence-electron chi connectivity index (χ1n) is 7.20. The normalized spacial score (nSPS) is 13.1. The fourth-order valence-corrected chi connectivity index (χ4v) is 2.82. The molecule has 1 aliphatic rings. The van der Waals surface area contributed by atoms with E-state index < -0.39 is 24.6 Å². The average molecular weight is 352 g/mol. The van der Waals surface area contributed by atoms with Crippen LogP contribution in [0.2, 0.25) is 0 Å². The molecule has 8 nitrogen and oxygen atoms in total.